The number of benzene rings is 1. The van der Waals surface area contributed by atoms with Gasteiger partial charge in [0.25, 0.3) is 0 Å². The lowest BCUT2D eigenvalue weighted by molar-refractivity contribution is -0.122. The van der Waals surface area contributed by atoms with E-state index in [0.29, 0.717) is 17.0 Å². The second-order valence-electron chi connectivity index (χ2n) is 6.21. The van der Waals surface area contributed by atoms with Crippen molar-refractivity contribution >= 4 is 34.2 Å². The van der Waals surface area contributed by atoms with Crippen LogP contribution in [0.3, 0.4) is 0 Å². The van der Waals surface area contributed by atoms with Crippen LogP contribution in [-0.2, 0) is 16.0 Å². The minimum atomic E-state index is -0.519. The highest BCUT2D eigenvalue weighted by molar-refractivity contribution is 5.97. The van der Waals surface area contributed by atoms with Crippen molar-refractivity contribution in [2.45, 2.75) is 26.2 Å². The van der Waals surface area contributed by atoms with Crippen molar-refractivity contribution in [1.82, 2.24) is 9.97 Å². The van der Waals surface area contributed by atoms with Crippen LogP contribution in [0.25, 0.3) is 22.0 Å². The molecule has 0 unspecified atom stereocenters. The van der Waals surface area contributed by atoms with Gasteiger partial charge in [0.05, 0.1) is 5.69 Å². The number of aromatic nitrogens is 2. The van der Waals surface area contributed by atoms with Gasteiger partial charge in [-0.15, -0.1) is 0 Å². The fourth-order valence-corrected chi connectivity index (χ4v) is 2.90. The number of nitrogens with one attached hydrogen (secondary N) is 1. The Morgan fingerprint density at radius 2 is 1.93 bits per heavy atom. The summed E-state index contributed by atoms with van der Waals surface area (Å²) in [6.45, 7) is 2.09. The number of hydrogen-bond acceptors (Lipinski definition) is 5. The van der Waals surface area contributed by atoms with Crippen molar-refractivity contribution in [3.8, 4) is 11.3 Å². The number of carbonyl (C=O) groups excluding carboxylic acids is 2. The minimum Gasteiger partial charge on any atom is -0.383 e. The molecular formula is C20H21N5O2. The predicted octanol–water partition coefficient (Wildman–Crippen LogP) is 2.65. The van der Waals surface area contributed by atoms with Gasteiger partial charge < -0.3 is 16.8 Å². The summed E-state index contributed by atoms with van der Waals surface area (Å²) in [5, 5.41) is 4.21. The van der Waals surface area contributed by atoms with E-state index in [-0.39, 0.29) is 18.7 Å². The number of aryl methyl sites for hydroxylation is 1. The Morgan fingerprint density at radius 3 is 2.67 bits per heavy atom. The first kappa shape index (κ1) is 18.3. The van der Waals surface area contributed by atoms with E-state index in [4.69, 9.17) is 11.5 Å². The average molecular weight is 363 g/mol. The van der Waals surface area contributed by atoms with Crippen LogP contribution >= 0.6 is 0 Å². The Kier molecular flexibility index (Phi) is 5.30. The Hall–Kier alpha value is -3.48. The number of nitrogens with zero attached hydrogens (tertiary/aromatic N) is 2. The van der Waals surface area contributed by atoms with E-state index in [1.807, 2.05) is 24.3 Å². The van der Waals surface area contributed by atoms with Crippen molar-refractivity contribution in [1.29, 1.82) is 0 Å². The van der Waals surface area contributed by atoms with E-state index >= 15 is 0 Å². The zero-order valence-electron chi connectivity index (χ0n) is 15.0. The third-order valence-corrected chi connectivity index (χ3v) is 4.29. The maximum absolute atomic E-state index is 11.9. The lowest BCUT2D eigenvalue weighted by Crippen LogP contribution is -2.17. The van der Waals surface area contributed by atoms with Crippen molar-refractivity contribution in [3.63, 3.8) is 0 Å². The zero-order chi connectivity index (χ0) is 19.4. The lowest BCUT2D eigenvalue weighted by atomic mass is 10.0. The number of pyridine rings is 2. The molecule has 0 aliphatic heterocycles. The Morgan fingerprint density at radius 1 is 1.15 bits per heavy atom. The van der Waals surface area contributed by atoms with Crippen LogP contribution in [0, 0.1) is 0 Å². The third-order valence-electron chi connectivity index (χ3n) is 4.29. The van der Waals surface area contributed by atoms with Crippen molar-refractivity contribution in [2.24, 2.45) is 5.73 Å². The van der Waals surface area contributed by atoms with Gasteiger partial charge in [-0.05, 0) is 29.5 Å². The first-order chi connectivity index (χ1) is 13.0. The molecule has 0 spiro atoms. The zero-order valence-corrected chi connectivity index (χ0v) is 15.0. The molecule has 2 heterocycles. The standard InChI is InChI=1S/C20H21N5O2/c1-2-12-5-3-4-6-14(12)16-9-13-10-18(23-11-15(13)20(22)24-16)25-19(27)8-7-17(21)26/h3-6,9-11H,2,7-8H2,1H3,(H2,21,26)(H2,22,24)(H,23,25,27). The quantitative estimate of drug-likeness (QED) is 0.621. The Bertz CT molecular complexity index is 1020. The fourth-order valence-electron chi connectivity index (χ4n) is 2.90. The van der Waals surface area contributed by atoms with Gasteiger partial charge in [0, 0.05) is 30.0 Å². The number of anilines is 2. The smallest absolute Gasteiger partial charge is 0.226 e. The highest BCUT2D eigenvalue weighted by Crippen LogP contribution is 2.29. The van der Waals surface area contributed by atoms with E-state index in [0.717, 1.165) is 23.1 Å². The SMILES string of the molecule is CCc1ccccc1-c1cc2cc(NC(=O)CCC(N)=O)ncc2c(N)n1. The molecule has 3 aromatic rings. The molecular weight excluding hydrogens is 342 g/mol. The maximum Gasteiger partial charge on any atom is 0.226 e. The maximum atomic E-state index is 11.9. The summed E-state index contributed by atoms with van der Waals surface area (Å²) < 4.78 is 0. The molecule has 0 saturated carbocycles. The van der Waals surface area contributed by atoms with Gasteiger partial charge in [-0.3, -0.25) is 9.59 Å². The van der Waals surface area contributed by atoms with E-state index in [2.05, 4.69) is 28.3 Å². The number of rotatable bonds is 6. The average Bonchev–Trinajstić information content (AvgIpc) is 2.66. The number of fused-ring (bicyclic) bond motifs is 1. The molecule has 0 atom stereocenters. The molecule has 7 heteroatoms. The molecule has 3 rings (SSSR count). The van der Waals surface area contributed by atoms with E-state index in [1.54, 1.807) is 12.3 Å². The molecule has 0 fully saturated rings. The predicted molar refractivity (Wildman–Crippen MR) is 106 cm³/mol. The normalized spacial score (nSPS) is 10.7. The van der Waals surface area contributed by atoms with Gasteiger partial charge in [0.1, 0.15) is 11.6 Å². The summed E-state index contributed by atoms with van der Waals surface area (Å²) in [5.74, 6) is -0.0706. The van der Waals surface area contributed by atoms with Crippen LogP contribution in [0.15, 0.2) is 42.6 Å². The number of carbonyl (C=O) groups is 2. The number of nitrogens with two attached hydrogens (primary N) is 2. The molecule has 2 aromatic heterocycles. The first-order valence-corrected chi connectivity index (χ1v) is 8.70. The summed E-state index contributed by atoms with van der Waals surface area (Å²) in [5.41, 5.74) is 14.2. The molecule has 0 saturated heterocycles. The number of nitrogen functional groups attached to an aromatic ring is 1. The first-order valence-electron chi connectivity index (χ1n) is 8.70. The second-order valence-corrected chi connectivity index (χ2v) is 6.21. The molecule has 0 aliphatic carbocycles. The summed E-state index contributed by atoms with van der Waals surface area (Å²) in [7, 11) is 0. The van der Waals surface area contributed by atoms with Gasteiger partial charge in [0.15, 0.2) is 0 Å². The highest BCUT2D eigenvalue weighted by Gasteiger charge is 2.11. The molecule has 5 N–H and O–H groups in total. The van der Waals surface area contributed by atoms with Gasteiger partial charge in [-0.2, -0.15) is 0 Å². The van der Waals surface area contributed by atoms with E-state index in [1.165, 1.54) is 5.56 Å². The summed E-state index contributed by atoms with van der Waals surface area (Å²) in [4.78, 5) is 31.4. The molecule has 138 valence electrons. The third kappa shape index (κ3) is 4.20. The van der Waals surface area contributed by atoms with Crippen molar-refractivity contribution < 1.29 is 9.59 Å². The molecule has 7 nitrogen and oxygen atoms in total. The minimum absolute atomic E-state index is 0.00572. The molecule has 0 aliphatic rings. The molecule has 0 bridgehead atoms. The Labute approximate surface area is 156 Å². The van der Waals surface area contributed by atoms with Gasteiger partial charge >= 0.3 is 0 Å². The van der Waals surface area contributed by atoms with Crippen LogP contribution < -0.4 is 16.8 Å². The summed E-state index contributed by atoms with van der Waals surface area (Å²) in [6.07, 6.45) is 2.47. The number of amides is 2. The number of primary amides is 1. The van der Waals surface area contributed by atoms with Crippen LogP contribution in [0.2, 0.25) is 0 Å². The number of hydrogen-bond donors (Lipinski definition) is 3. The van der Waals surface area contributed by atoms with Crippen molar-refractivity contribution in [2.75, 3.05) is 11.1 Å². The topological polar surface area (TPSA) is 124 Å². The van der Waals surface area contributed by atoms with Crippen LogP contribution in [0.5, 0.6) is 0 Å². The van der Waals surface area contributed by atoms with Crippen LogP contribution in [-0.4, -0.2) is 21.8 Å². The highest BCUT2D eigenvalue weighted by atomic mass is 16.2. The molecule has 2 amide bonds. The largest absolute Gasteiger partial charge is 0.383 e. The summed E-state index contributed by atoms with van der Waals surface area (Å²) in [6, 6.07) is 11.7. The Balaban J connectivity index is 1.95. The molecule has 27 heavy (non-hydrogen) atoms. The molecule has 0 radical (unpaired) electrons. The van der Waals surface area contributed by atoms with Gasteiger partial charge in [0.2, 0.25) is 11.8 Å². The van der Waals surface area contributed by atoms with Crippen LogP contribution in [0.1, 0.15) is 25.3 Å². The van der Waals surface area contributed by atoms with E-state index in [9.17, 15) is 9.59 Å². The van der Waals surface area contributed by atoms with Crippen LogP contribution in [0.4, 0.5) is 11.6 Å². The fraction of sp³-hybridized carbons (Fsp3) is 0.200. The van der Waals surface area contributed by atoms with Gasteiger partial charge in [-0.25, -0.2) is 9.97 Å². The lowest BCUT2D eigenvalue weighted by Gasteiger charge is -2.11. The monoisotopic (exact) mass is 363 g/mol. The van der Waals surface area contributed by atoms with Crippen molar-refractivity contribution in [3.05, 3.63) is 48.2 Å². The second kappa shape index (κ2) is 7.82. The summed E-state index contributed by atoms with van der Waals surface area (Å²) >= 11 is 0. The van der Waals surface area contributed by atoms with Gasteiger partial charge in [-0.1, -0.05) is 31.2 Å². The van der Waals surface area contributed by atoms with E-state index < -0.39 is 5.91 Å². The molecule has 1 aromatic carbocycles.